The van der Waals surface area contributed by atoms with Crippen molar-refractivity contribution in [1.29, 1.82) is 0 Å². The van der Waals surface area contributed by atoms with Crippen molar-refractivity contribution in [3.63, 3.8) is 0 Å². The number of hydrogen-bond acceptors (Lipinski definition) is 3. The van der Waals surface area contributed by atoms with Crippen molar-refractivity contribution in [3.05, 3.63) is 86.7 Å². The summed E-state index contributed by atoms with van der Waals surface area (Å²) >= 11 is 3.44. The van der Waals surface area contributed by atoms with Crippen molar-refractivity contribution < 1.29 is 0 Å². The van der Waals surface area contributed by atoms with E-state index in [2.05, 4.69) is 26.1 Å². The van der Waals surface area contributed by atoms with E-state index in [1.54, 1.807) is 0 Å². The Morgan fingerprint density at radius 1 is 1.00 bits per heavy atom. The predicted octanol–water partition coefficient (Wildman–Crippen LogP) is 3.68. The van der Waals surface area contributed by atoms with Crippen LogP contribution >= 0.6 is 15.9 Å². The maximum Gasteiger partial charge on any atom is 0.367 e. The van der Waals surface area contributed by atoms with Gasteiger partial charge in [0.25, 0.3) is 0 Å². The third kappa shape index (κ3) is 3.13. The van der Waals surface area contributed by atoms with Crippen molar-refractivity contribution in [2.24, 2.45) is 0 Å². The Bertz CT molecular complexity index is 1110. The summed E-state index contributed by atoms with van der Waals surface area (Å²) in [4.78, 5) is 12.6. The maximum absolute atomic E-state index is 12.6. The number of rotatable bonds is 3. The fourth-order valence-electron chi connectivity index (χ4n) is 2.70. The minimum atomic E-state index is -0.246. The van der Waals surface area contributed by atoms with Crippen molar-refractivity contribution in [2.75, 3.05) is 0 Å². The van der Waals surface area contributed by atoms with E-state index < -0.39 is 0 Å². The highest BCUT2D eigenvalue weighted by atomic mass is 79.9. The van der Waals surface area contributed by atoms with Gasteiger partial charge in [0.1, 0.15) is 0 Å². The van der Waals surface area contributed by atoms with E-state index in [0.717, 1.165) is 21.3 Å². The molecule has 0 spiro atoms. The van der Waals surface area contributed by atoms with Crippen molar-refractivity contribution in [3.8, 4) is 11.3 Å². The normalized spacial score (nSPS) is 11.1. The van der Waals surface area contributed by atoms with Gasteiger partial charge in [-0.2, -0.15) is 9.61 Å². The fraction of sp³-hybridized carbons (Fsp3) is 0.105. The van der Waals surface area contributed by atoms with Crippen LogP contribution in [-0.2, 0) is 6.54 Å². The lowest BCUT2D eigenvalue weighted by molar-refractivity contribution is 0.650. The molecule has 0 aliphatic rings. The summed E-state index contributed by atoms with van der Waals surface area (Å²) in [5.41, 5.74) is 4.19. The number of fused-ring (bicyclic) bond motifs is 1. The zero-order valence-electron chi connectivity index (χ0n) is 13.6. The SMILES string of the molecule is Cc1ccc(-c2ccc3nn(Cc4cccc(Br)c4)c(=O)n3n2)cc1. The summed E-state index contributed by atoms with van der Waals surface area (Å²) in [5.74, 6) is 0. The van der Waals surface area contributed by atoms with Crippen molar-refractivity contribution in [2.45, 2.75) is 13.5 Å². The minimum Gasteiger partial charge on any atom is -0.244 e. The van der Waals surface area contributed by atoms with E-state index in [-0.39, 0.29) is 5.69 Å². The van der Waals surface area contributed by atoms with E-state index in [4.69, 9.17) is 0 Å². The minimum absolute atomic E-state index is 0.246. The molecular formula is C19H15BrN4O. The van der Waals surface area contributed by atoms with Crippen molar-refractivity contribution in [1.82, 2.24) is 19.4 Å². The molecular weight excluding hydrogens is 380 g/mol. The number of hydrogen-bond donors (Lipinski definition) is 0. The molecule has 0 fully saturated rings. The lowest BCUT2D eigenvalue weighted by Crippen LogP contribution is -2.23. The predicted molar refractivity (Wildman–Crippen MR) is 101 cm³/mol. The molecule has 6 heteroatoms. The first-order chi connectivity index (χ1) is 12.1. The average molecular weight is 395 g/mol. The van der Waals surface area contributed by atoms with Crippen LogP contribution in [0.25, 0.3) is 16.9 Å². The molecule has 2 aromatic carbocycles. The van der Waals surface area contributed by atoms with E-state index in [9.17, 15) is 4.79 Å². The first-order valence-electron chi connectivity index (χ1n) is 7.88. The summed E-state index contributed by atoms with van der Waals surface area (Å²) in [6.45, 7) is 2.44. The molecule has 0 aliphatic heterocycles. The van der Waals surface area contributed by atoms with Gasteiger partial charge in [0, 0.05) is 10.0 Å². The van der Waals surface area contributed by atoms with Gasteiger partial charge in [0.2, 0.25) is 0 Å². The molecule has 0 aliphatic carbocycles. The number of aryl methyl sites for hydroxylation is 1. The first kappa shape index (κ1) is 15.8. The van der Waals surface area contributed by atoms with Gasteiger partial charge < -0.3 is 0 Å². The average Bonchev–Trinajstić information content (AvgIpc) is 2.91. The highest BCUT2D eigenvalue weighted by molar-refractivity contribution is 9.10. The summed E-state index contributed by atoms with van der Waals surface area (Å²) in [5, 5.41) is 8.84. The van der Waals surface area contributed by atoms with Crippen LogP contribution in [0.1, 0.15) is 11.1 Å². The fourth-order valence-corrected chi connectivity index (χ4v) is 3.14. The zero-order chi connectivity index (χ0) is 17.4. The maximum atomic E-state index is 12.6. The first-order valence-corrected chi connectivity index (χ1v) is 8.68. The van der Waals surface area contributed by atoms with E-state index >= 15 is 0 Å². The quantitative estimate of drug-likeness (QED) is 0.532. The molecule has 0 atom stereocenters. The Labute approximate surface area is 152 Å². The monoisotopic (exact) mass is 394 g/mol. The van der Waals surface area contributed by atoms with Crippen LogP contribution in [0.3, 0.4) is 0 Å². The molecule has 0 bridgehead atoms. The van der Waals surface area contributed by atoms with Crippen LogP contribution < -0.4 is 5.69 Å². The Morgan fingerprint density at radius 3 is 2.56 bits per heavy atom. The second-order valence-electron chi connectivity index (χ2n) is 5.92. The van der Waals surface area contributed by atoms with Gasteiger partial charge in [-0.05, 0) is 36.8 Å². The molecule has 0 saturated carbocycles. The topological polar surface area (TPSA) is 52.2 Å². The second kappa shape index (κ2) is 6.29. The summed E-state index contributed by atoms with van der Waals surface area (Å²) < 4.78 is 3.76. The van der Waals surface area contributed by atoms with E-state index in [1.807, 2.05) is 67.6 Å². The van der Waals surface area contributed by atoms with Gasteiger partial charge in [-0.3, -0.25) is 0 Å². The van der Waals surface area contributed by atoms with Gasteiger partial charge in [0.15, 0.2) is 5.65 Å². The lowest BCUT2D eigenvalue weighted by atomic mass is 10.1. The number of benzene rings is 2. The van der Waals surface area contributed by atoms with Gasteiger partial charge >= 0.3 is 5.69 Å². The molecule has 124 valence electrons. The second-order valence-corrected chi connectivity index (χ2v) is 6.84. The molecule has 5 nitrogen and oxygen atoms in total. The molecule has 0 unspecified atom stereocenters. The number of nitrogens with zero attached hydrogens (tertiary/aromatic N) is 4. The molecule has 25 heavy (non-hydrogen) atoms. The molecule has 0 radical (unpaired) electrons. The lowest BCUT2D eigenvalue weighted by Gasteiger charge is -2.01. The largest absolute Gasteiger partial charge is 0.367 e. The molecule has 4 rings (SSSR count). The van der Waals surface area contributed by atoms with Crippen LogP contribution in [0.15, 0.2) is 69.9 Å². The molecule has 0 saturated heterocycles. The van der Waals surface area contributed by atoms with Gasteiger partial charge in [-0.1, -0.05) is 57.9 Å². The Hall–Kier alpha value is -2.73. The van der Waals surface area contributed by atoms with E-state index in [1.165, 1.54) is 14.8 Å². The van der Waals surface area contributed by atoms with Gasteiger partial charge in [0.05, 0.1) is 12.2 Å². The summed E-state index contributed by atoms with van der Waals surface area (Å²) in [6, 6.07) is 19.6. The number of aromatic nitrogens is 4. The van der Waals surface area contributed by atoms with Gasteiger partial charge in [-0.15, -0.1) is 5.10 Å². The third-order valence-corrected chi connectivity index (χ3v) is 4.50. The molecule has 2 aromatic heterocycles. The summed E-state index contributed by atoms with van der Waals surface area (Å²) in [7, 11) is 0. The van der Waals surface area contributed by atoms with Gasteiger partial charge in [-0.25, -0.2) is 9.48 Å². The standard InChI is InChI=1S/C19H15BrN4O/c1-13-5-7-15(8-6-13)17-9-10-18-22-23(19(25)24(18)21-17)12-14-3-2-4-16(20)11-14/h2-11H,12H2,1H3. The molecule has 0 amide bonds. The third-order valence-electron chi connectivity index (χ3n) is 4.01. The van der Waals surface area contributed by atoms with Crippen molar-refractivity contribution >= 4 is 21.6 Å². The smallest absolute Gasteiger partial charge is 0.244 e. The van der Waals surface area contributed by atoms with E-state index in [0.29, 0.717) is 12.2 Å². The molecule has 2 heterocycles. The Morgan fingerprint density at radius 2 is 1.80 bits per heavy atom. The van der Waals surface area contributed by atoms with Crippen LogP contribution in [-0.4, -0.2) is 19.4 Å². The summed E-state index contributed by atoms with van der Waals surface area (Å²) in [6.07, 6.45) is 0. The molecule has 0 N–H and O–H groups in total. The Kier molecular flexibility index (Phi) is 3.97. The zero-order valence-corrected chi connectivity index (χ0v) is 15.1. The molecule has 4 aromatic rings. The van der Waals surface area contributed by atoms with Crippen LogP contribution in [0.2, 0.25) is 0 Å². The van der Waals surface area contributed by atoms with Crippen LogP contribution in [0.5, 0.6) is 0 Å². The van der Waals surface area contributed by atoms with Crippen LogP contribution in [0.4, 0.5) is 0 Å². The van der Waals surface area contributed by atoms with Crippen LogP contribution in [0, 0.1) is 6.92 Å². The Balaban J connectivity index is 1.75. The number of halogens is 1. The highest BCUT2D eigenvalue weighted by Crippen LogP contribution is 2.17. The highest BCUT2D eigenvalue weighted by Gasteiger charge is 2.10.